The van der Waals surface area contributed by atoms with E-state index in [-0.39, 0.29) is 11.9 Å². The van der Waals surface area contributed by atoms with Crippen LogP contribution in [0, 0.1) is 5.92 Å². The molecule has 1 amide bonds. The van der Waals surface area contributed by atoms with E-state index in [9.17, 15) is 4.79 Å². The molecule has 6 nitrogen and oxygen atoms in total. The van der Waals surface area contributed by atoms with Gasteiger partial charge in [-0.1, -0.05) is 6.92 Å². The van der Waals surface area contributed by atoms with Crippen molar-refractivity contribution in [3.05, 3.63) is 12.2 Å². The molecule has 1 aliphatic rings. The van der Waals surface area contributed by atoms with Crippen molar-refractivity contribution >= 4 is 5.91 Å². The lowest BCUT2D eigenvalue weighted by atomic mass is 10.0. The van der Waals surface area contributed by atoms with Crippen LogP contribution in [0.3, 0.4) is 0 Å². The van der Waals surface area contributed by atoms with Crippen molar-refractivity contribution in [3.63, 3.8) is 0 Å². The maximum atomic E-state index is 11.8. The number of hydrogen-bond acceptors (Lipinski definition) is 4. The smallest absolute Gasteiger partial charge is 0.237 e. The summed E-state index contributed by atoms with van der Waals surface area (Å²) in [6, 6.07) is -0.0618. The van der Waals surface area contributed by atoms with E-state index >= 15 is 0 Å². The molecule has 0 radical (unpaired) electrons. The Hall–Kier alpha value is -1.43. The van der Waals surface area contributed by atoms with Crippen molar-refractivity contribution < 1.29 is 4.79 Å². The number of carbonyl (C=O) groups is 1. The SMILES string of the molecule is CC1CCNC1C(=O)NCc1nncn1C. The Morgan fingerprint density at radius 1 is 1.75 bits per heavy atom. The van der Waals surface area contributed by atoms with Gasteiger partial charge in [-0.15, -0.1) is 10.2 Å². The molecule has 1 saturated heterocycles. The molecule has 1 aromatic rings. The molecule has 88 valence electrons. The van der Waals surface area contributed by atoms with Crippen LogP contribution in [-0.2, 0) is 18.4 Å². The zero-order chi connectivity index (χ0) is 11.5. The monoisotopic (exact) mass is 223 g/mol. The quantitative estimate of drug-likeness (QED) is 0.720. The fourth-order valence-corrected chi connectivity index (χ4v) is 1.93. The molecule has 2 heterocycles. The normalized spacial score (nSPS) is 24.6. The summed E-state index contributed by atoms with van der Waals surface area (Å²) in [5.41, 5.74) is 0. The van der Waals surface area contributed by atoms with Gasteiger partial charge in [0.05, 0.1) is 12.6 Å². The second kappa shape index (κ2) is 4.61. The van der Waals surface area contributed by atoms with E-state index in [0.717, 1.165) is 18.8 Å². The molecule has 2 N–H and O–H groups in total. The fourth-order valence-electron chi connectivity index (χ4n) is 1.93. The molecule has 0 aromatic carbocycles. The summed E-state index contributed by atoms with van der Waals surface area (Å²) in [6.45, 7) is 3.44. The number of nitrogens with zero attached hydrogens (tertiary/aromatic N) is 3. The van der Waals surface area contributed by atoms with Crippen LogP contribution in [0.5, 0.6) is 0 Å². The minimum absolute atomic E-state index is 0.0491. The summed E-state index contributed by atoms with van der Waals surface area (Å²) in [5, 5.41) is 13.7. The molecule has 1 aliphatic heterocycles. The zero-order valence-electron chi connectivity index (χ0n) is 9.60. The van der Waals surface area contributed by atoms with Gasteiger partial charge < -0.3 is 15.2 Å². The molecule has 1 fully saturated rings. The summed E-state index contributed by atoms with van der Waals surface area (Å²) in [6.07, 6.45) is 2.68. The topological polar surface area (TPSA) is 71.8 Å². The van der Waals surface area contributed by atoms with Crippen molar-refractivity contribution in [1.82, 2.24) is 25.4 Å². The molecule has 0 spiro atoms. The Balaban J connectivity index is 1.86. The van der Waals surface area contributed by atoms with Crippen LogP contribution in [0.2, 0.25) is 0 Å². The second-order valence-electron chi connectivity index (χ2n) is 4.27. The standard InChI is InChI=1S/C10H17N5O/c1-7-3-4-11-9(7)10(16)12-5-8-14-13-6-15(8)2/h6-7,9,11H,3-5H2,1-2H3,(H,12,16). The van der Waals surface area contributed by atoms with E-state index < -0.39 is 0 Å². The molecular weight excluding hydrogens is 206 g/mol. The minimum atomic E-state index is -0.0618. The fraction of sp³-hybridized carbons (Fsp3) is 0.700. The number of rotatable bonds is 3. The van der Waals surface area contributed by atoms with Crippen LogP contribution in [-0.4, -0.2) is 33.3 Å². The van der Waals surface area contributed by atoms with Gasteiger partial charge in [-0.25, -0.2) is 0 Å². The second-order valence-corrected chi connectivity index (χ2v) is 4.27. The van der Waals surface area contributed by atoms with E-state index in [2.05, 4.69) is 27.8 Å². The highest BCUT2D eigenvalue weighted by molar-refractivity contribution is 5.82. The number of aromatic nitrogens is 3. The summed E-state index contributed by atoms with van der Waals surface area (Å²) >= 11 is 0. The van der Waals surface area contributed by atoms with Gasteiger partial charge in [0, 0.05) is 7.05 Å². The minimum Gasteiger partial charge on any atom is -0.347 e. The van der Waals surface area contributed by atoms with E-state index in [4.69, 9.17) is 0 Å². The Kier molecular flexibility index (Phi) is 3.19. The van der Waals surface area contributed by atoms with E-state index in [1.165, 1.54) is 0 Å². The van der Waals surface area contributed by atoms with Crippen molar-refractivity contribution in [2.45, 2.75) is 25.9 Å². The van der Waals surface area contributed by atoms with Gasteiger partial charge in [-0.3, -0.25) is 4.79 Å². The van der Waals surface area contributed by atoms with Gasteiger partial charge in [0.1, 0.15) is 6.33 Å². The Morgan fingerprint density at radius 2 is 2.56 bits per heavy atom. The predicted octanol–water partition coefficient (Wildman–Crippen LogP) is -0.571. The molecule has 1 aromatic heterocycles. The lowest BCUT2D eigenvalue weighted by Gasteiger charge is -2.14. The summed E-state index contributed by atoms with van der Waals surface area (Å²) in [4.78, 5) is 11.8. The van der Waals surface area contributed by atoms with E-state index in [1.807, 2.05) is 7.05 Å². The van der Waals surface area contributed by atoms with Gasteiger partial charge in [0.2, 0.25) is 5.91 Å². The van der Waals surface area contributed by atoms with Crippen LogP contribution in [0.25, 0.3) is 0 Å². The molecule has 0 aliphatic carbocycles. The molecule has 2 unspecified atom stereocenters. The number of amides is 1. The van der Waals surface area contributed by atoms with Crippen LogP contribution in [0.4, 0.5) is 0 Å². The number of carbonyl (C=O) groups excluding carboxylic acids is 1. The lowest BCUT2D eigenvalue weighted by molar-refractivity contribution is -0.123. The van der Waals surface area contributed by atoms with Crippen LogP contribution < -0.4 is 10.6 Å². The Morgan fingerprint density at radius 3 is 3.12 bits per heavy atom. The molecular formula is C10H17N5O. The van der Waals surface area contributed by atoms with E-state index in [1.54, 1.807) is 10.9 Å². The molecule has 2 rings (SSSR count). The largest absolute Gasteiger partial charge is 0.347 e. The number of aryl methyl sites for hydroxylation is 1. The van der Waals surface area contributed by atoms with Gasteiger partial charge >= 0.3 is 0 Å². The number of hydrogen-bond donors (Lipinski definition) is 2. The third-order valence-corrected chi connectivity index (χ3v) is 3.04. The highest BCUT2D eigenvalue weighted by Crippen LogP contribution is 2.14. The molecule has 16 heavy (non-hydrogen) atoms. The van der Waals surface area contributed by atoms with Gasteiger partial charge in [0.25, 0.3) is 0 Å². The number of nitrogens with one attached hydrogen (secondary N) is 2. The maximum Gasteiger partial charge on any atom is 0.237 e. The average molecular weight is 223 g/mol. The van der Waals surface area contributed by atoms with Crippen molar-refractivity contribution in [2.75, 3.05) is 6.54 Å². The van der Waals surface area contributed by atoms with E-state index in [0.29, 0.717) is 12.5 Å². The van der Waals surface area contributed by atoms with Gasteiger partial charge in [0.15, 0.2) is 5.82 Å². The lowest BCUT2D eigenvalue weighted by Crippen LogP contribution is -2.43. The first kappa shape index (κ1) is 11.1. The summed E-state index contributed by atoms with van der Waals surface area (Å²) in [5.74, 6) is 1.21. The zero-order valence-corrected chi connectivity index (χ0v) is 9.60. The maximum absolute atomic E-state index is 11.8. The average Bonchev–Trinajstić information content (AvgIpc) is 2.84. The molecule has 0 bridgehead atoms. The highest BCUT2D eigenvalue weighted by atomic mass is 16.2. The summed E-state index contributed by atoms with van der Waals surface area (Å²) < 4.78 is 1.80. The third-order valence-electron chi connectivity index (χ3n) is 3.04. The summed E-state index contributed by atoms with van der Waals surface area (Å²) in [7, 11) is 1.86. The Labute approximate surface area is 94.4 Å². The third kappa shape index (κ3) is 2.21. The molecule has 0 saturated carbocycles. The van der Waals surface area contributed by atoms with Gasteiger partial charge in [-0.2, -0.15) is 0 Å². The van der Waals surface area contributed by atoms with Gasteiger partial charge in [-0.05, 0) is 18.9 Å². The van der Waals surface area contributed by atoms with Crippen LogP contribution >= 0.6 is 0 Å². The first-order valence-corrected chi connectivity index (χ1v) is 5.52. The molecule has 2 atom stereocenters. The first-order chi connectivity index (χ1) is 7.68. The predicted molar refractivity (Wildman–Crippen MR) is 58.4 cm³/mol. The first-order valence-electron chi connectivity index (χ1n) is 5.52. The van der Waals surface area contributed by atoms with Crippen molar-refractivity contribution in [1.29, 1.82) is 0 Å². The van der Waals surface area contributed by atoms with Crippen LogP contribution in [0.15, 0.2) is 6.33 Å². The molecule has 6 heteroatoms. The highest BCUT2D eigenvalue weighted by Gasteiger charge is 2.28. The van der Waals surface area contributed by atoms with Crippen LogP contribution in [0.1, 0.15) is 19.2 Å². The Bertz CT molecular complexity index is 375. The van der Waals surface area contributed by atoms with Crippen molar-refractivity contribution in [3.8, 4) is 0 Å². The van der Waals surface area contributed by atoms with Crippen molar-refractivity contribution in [2.24, 2.45) is 13.0 Å².